The Morgan fingerprint density at radius 2 is 2.00 bits per heavy atom. The topological polar surface area (TPSA) is 21.3 Å². The van der Waals surface area contributed by atoms with Crippen molar-refractivity contribution in [3.05, 3.63) is 18.2 Å². The smallest absolute Gasteiger partial charge is 0.406 e. The predicted molar refractivity (Wildman–Crippen MR) is 58.7 cm³/mol. The number of fused-ring (bicyclic) bond motifs is 1. The Morgan fingerprint density at radius 1 is 1.31 bits per heavy atom. The van der Waals surface area contributed by atoms with Gasteiger partial charge >= 0.3 is 6.36 Å². The molecule has 0 saturated heterocycles. The molecule has 1 aliphatic rings. The van der Waals surface area contributed by atoms with Gasteiger partial charge in [0.2, 0.25) is 0 Å². The normalized spacial score (nSPS) is 17.8. The largest absolute Gasteiger partial charge is 0.573 e. The highest BCUT2D eigenvalue weighted by atomic mass is 28.3. The molecule has 0 spiro atoms. The van der Waals surface area contributed by atoms with Gasteiger partial charge in [-0.05, 0) is 23.4 Å². The summed E-state index contributed by atoms with van der Waals surface area (Å²) in [4.78, 5) is 0. The fourth-order valence-corrected chi connectivity index (χ4v) is 4.10. The first-order chi connectivity index (χ1) is 7.28. The third kappa shape index (κ3) is 2.16. The Bertz CT molecular complexity index is 417. The van der Waals surface area contributed by atoms with Crippen molar-refractivity contribution in [2.45, 2.75) is 19.5 Å². The predicted octanol–water partition coefficient (Wildman–Crippen LogP) is 2.47. The second kappa shape index (κ2) is 3.41. The summed E-state index contributed by atoms with van der Waals surface area (Å²) in [5.41, 5.74) is 0.936. The second-order valence-electron chi connectivity index (χ2n) is 4.49. The summed E-state index contributed by atoms with van der Waals surface area (Å²) in [7, 11) is -1.63. The number of rotatable bonds is 1. The molecule has 1 N–H and O–H groups in total. The van der Waals surface area contributed by atoms with Gasteiger partial charge in [-0.15, -0.1) is 13.2 Å². The molecule has 2 rings (SSSR count). The Morgan fingerprint density at radius 3 is 2.62 bits per heavy atom. The summed E-state index contributed by atoms with van der Waals surface area (Å²) in [6, 6.07) is 4.50. The van der Waals surface area contributed by atoms with E-state index in [-0.39, 0.29) is 5.75 Å². The number of ether oxygens (including phenoxy) is 1. The van der Waals surface area contributed by atoms with E-state index in [2.05, 4.69) is 23.1 Å². The van der Waals surface area contributed by atoms with Crippen molar-refractivity contribution < 1.29 is 17.9 Å². The maximum atomic E-state index is 12.1. The standard InChI is InChI=1S/C10H12F3NOSi/c1-16(2)6-14-8-4-3-7(5-9(8)16)15-10(11,12)13/h3-5,14H,6H2,1-2H3. The van der Waals surface area contributed by atoms with Crippen LogP contribution in [0.2, 0.25) is 13.1 Å². The highest BCUT2D eigenvalue weighted by Crippen LogP contribution is 2.27. The van der Waals surface area contributed by atoms with E-state index in [4.69, 9.17) is 0 Å². The quantitative estimate of drug-likeness (QED) is 0.770. The van der Waals surface area contributed by atoms with E-state index in [9.17, 15) is 13.2 Å². The first kappa shape index (κ1) is 11.3. The van der Waals surface area contributed by atoms with Gasteiger partial charge in [0, 0.05) is 11.9 Å². The summed E-state index contributed by atoms with van der Waals surface area (Å²) in [6.07, 6.45) is -3.76. The van der Waals surface area contributed by atoms with E-state index < -0.39 is 14.4 Å². The van der Waals surface area contributed by atoms with E-state index >= 15 is 0 Å². The van der Waals surface area contributed by atoms with E-state index in [1.807, 2.05) is 0 Å². The third-order valence-corrected chi connectivity index (χ3v) is 5.61. The monoisotopic (exact) mass is 247 g/mol. The molecular formula is C10H12F3NOSi. The molecule has 0 fully saturated rings. The summed E-state index contributed by atoms with van der Waals surface area (Å²) < 4.78 is 40.1. The molecule has 1 aromatic rings. The number of benzene rings is 1. The first-order valence-corrected chi connectivity index (χ1v) is 8.13. The van der Waals surface area contributed by atoms with Gasteiger partial charge in [0.1, 0.15) is 13.8 Å². The number of alkyl halides is 3. The van der Waals surface area contributed by atoms with Crippen LogP contribution in [0.1, 0.15) is 0 Å². The van der Waals surface area contributed by atoms with Crippen molar-refractivity contribution in [3.63, 3.8) is 0 Å². The molecule has 0 saturated carbocycles. The van der Waals surface area contributed by atoms with Crippen LogP contribution in [-0.2, 0) is 0 Å². The highest BCUT2D eigenvalue weighted by Gasteiger charge is 2.35. The molecule has 1 aliphatic heterocycles. The molecule has 1 heterocycles. The Kier molecular flexibility index (Phi) is 2.41. The van der Waals surface area contributed by atoms with Crippen molar-refractivity contribution in [2.75, 3.05) is 11.5 Å². The molecule has 0 bridgehead atoms. The summed E-state index contributed by atoms with van der Waals surface area (Å²) in [5.74, 6) is -0.129. The molecule has 88 valence electrons. The molecule has 0 amide bonds. The number of halogens is 3. The minimum absolute atomic E-state index is 0.129. The van der Waals surface area contributed by atoms with Gasteiger partial charge in [-0.2, -0.15) is 0 Å². The Labute approximate surface area is 92.4 Å². The van der Waals surface area contributed by atoms with Crippen LogP contribution in [0.3, 0.4) is 0 Å². The van der Waals surface area contributed by atoms with Gasteiger partial charge in [-0.1, -0.05) is 13.1 Å². The van der Waals surface area contributed by atoms with Crippen LogP contribution in [0, 0.1) is 0 Å². The van der Waals surface area contributed by atoms with Crippen molar-refractivity contribution >= 4 is 18.9 Å². The lowest BCUT2D eigenvalue weighted by atomic mass is 10.3. The zero-order valence-corrected chi connectivity index (χ0v) is 9.98. The Balaban J connectivity index is 2.33. The highest BCUT2D eigenvalue weighted by molar-refractivity contribution is 6.92. The molecule has 16 heavy (non-hydrogen) atoms. The summed E-state index contributed by atoms with van der Waals surface area (Å²) in [5, 5.41) is 4.20. The molecule has 2 nitrogen and oxygen atoms in total. The van der Waals surface area contributed by atoms with Gasteiger partial charge < -0.3 is 10.1 Å². The molecule has 6 heteroatoms. The van der Waals surface area contributed by atoms with E-state index in [1.54, 1.807) is 6.07 Å². The molecular weight excluding hydrogens is 235 g/mol. The minimum Gasteiger partial charge on any atom is -0.406 e. The fraction of sp³-hybridized carbons (Fsp3) is 0.400. The van der Waals surface area contributed by atoms with E-state index in [0.29, 0.717) is 0 Å². The average Bonchev–Trinajstić information content (AvgIpc) is 2.40. The van der Waals surface area contributed by atoms with E-state index in [1.165, 1.54) is 12.1 Å². The van der Waals surface area contributed by atoms with Crippen LogP contribution >= 0.6 is 0 Å². The molecule has 0 aliphatic carbocycles. The van der Waals surface area contributed by atoms with Crippen molar-refractivity contribution in [3.8, 4) is 5.75 Å². The minimum atomic E-state index is -4.62. The van der Waals surface area contributed by atoms with Crippen molar-refractivity contribution in [2.24, 2.45) is 0 Å². The van der Waals surface area contributed by atoms with Crippen molar-refractivity contribution in [1.82, 2.24) is 0 Å². The zero-order chi connectivity index (χ0) is 12.0. The van der Waals surface area contributed by atoms with Crippen LogP contribution < -0.4 is 15.2 Å². The van der Waals surface area contributed by atoms with Crippen LogP contribution in [0.15, 0.2) is 18.2 Å². The van der Waals surface area contributed by atoms with Gasteiger partial charge in [0.05, 0.1) is 0 Å². The molecule has 1 aromatic carbocycles. The molecule has 0 atom stereocenters. The van der Waals surface area contributed by atoms with Gasteiger partial charge in [0.25, 0.3) is 0 Å². The Hall–Kier alpha value is -1.17. The second-order valence-corrected chi connectivity index (χ2v) is 9.15. The third-order valence-electron chi connectivity index (χ3n) is 2.67. The first-order valence-electron chi connectivity index (χ1n) is 4.92. The average molecular weight is 247 g/mol. The molecule has 0 unspecified atom stereocenters. The van der Waals surface area contributed by atoms with Gasteiger partial charge in [-0.25, -0.2) is 0 Å². The lowest BCUT2D eigenvalue weighted by molar-refractivity contribution is -0.274. The lowest BCUT2D eigenvalue weighted by Gasteiger charge is -2.16. The number of hydrogen-bond donors (Lipinski definition) is 1. The fourth-order valence-electron chi connectivity index (χ4n) is 1.85. The zero-order valence-electron chi connectivity index (χ0n) is 8.98. The summed E-state index contributed by atoms with van der Waals surface area (Å²) >= 11 is 0. The molecule has 0 radical (unpaired) electrons. The number of anilines is 1. The van der Waals surface area contributed by atoms with Crippen LogP contribution in [-0.4, -0.2) is 20.6 Å². The van der Waals surface area contributed by atoms with E-state index in [0.717, 1.165) is 17.0 Å². The lowest BCUT2D eigenvalue weighted by Crippen LogP contribution is -2.41. The van der Waals surface area contributed by atoms with Gasteiger partial charge in [-0.3, -0.25) is 0 Å². The SMILES string of the molecule is C[Si]1(C)CNc2ccc(OC(F)(F)F)cc21. The van der Waals surface area contributed by atoms with Crippen LogP contribution in [0.25, 0.3) is 0 Å². The maximum absolute atomic E-state index is 12.1. The van der Waals surface area contributed by atoms with Crippen LogP contribution in [0.5, 0.6) is 5.75 Å². The molecule has 0 aromatic heterocycles. The van der Waals surface area contributed by atoms with Crippen molar-refractivity contribution in [1.29, 1.82) is 0 Å². The van der Waals surface area contributed by atoms with Crippen LogP contribution in [0.4, 0.5) is 18.9 Å². The number of nitrogens with one attached hydrogen (secondary N) is 1. The van der Waals surface area contributed by atoms with Gasteiger partial charge in [0.15, 0.2) is 0 Å². The number of hydrogen-bond acceptors (Lipinski definition) is 2. The maximum Gasteiger partial charge on any atom is 0.573 e. The summed E-state index contributed by atoms with van der Waals surface area (Å²) in [6.45, 7) is 4.23.